The molecule has 1 aromatic carbocycles. The molecule has 0 atom stereocenters. The van der Waals surface area contributed by atoms with Crippen molar-refractivity contribution < 1.29 is 18.0 Å². The first-order chi connectivity index (χ1) is 11.4. The van der Waals surface area contributed by atoms with Gasteiger partial charge in [-0.2, -0.15) is 0 Å². The molecule has 7 nitrogen and oxygen atoms in total. The number of rotatable bonds is 5. The van der Waals surface area contributed by atoms with Crippen molar-refractivity contribution in [2.75, 3.05) is 18.8 Å². The molecule has 0 spiro atoms. The number of sulfone groups is 1. The van der Waals surface area contributed by atoms with E-state index in [0.29, 0.717) is 10.9 Å². The number of primary amides is 1. The van der Waals surface area contributed by atoms with Crippen LogP contribution < -0.4 is 5.73 Å². The highest BCUT2D eigenvalue weighted by Crippen LogP contribution is 2.26. The smallest absolute Gasteiger partial charge is 0.242 e. The van der Waals surface area contributed by atoms with Gasteiger partial charge in [0.25, 0.3) is 0 Å². The van der Waals surface area contributed by atoms with Crippen molar-refractivity contribution in [3.05, 3.63) is 30.5 Å². The summed E-state index contributed by atoms with van der Waals surface area (Å²) in [6.07, 6.45) is 3.42. The molecule has 0 unspecified atom stereocenters. The summed E-state index contributed by atoms with van der Waals surface area (Å²) in [7, 11) is -3.84. The van der Waals surface area contributed by atoms with Crippen LogP contribution in [0.15, 0.2) is 35.4 Å². The number of amides is 2. The number of hydrogen-bond acceptors (Lipinski definition) is 4. The van der Waals surface area contributed by atoms with Crippen LogP contribution in [0.3, 0.4) is 0 Å². The van der Waals surface area contributed by atoms with Crippen LogP contribution in [0, 0.1) is 0 Å². The fourth-order valence-electron chi connectivity index (χ4n) is 3.07. The second-order valence-electron chi connectivity index (χ2n) is 5.95. The van der Waals surface area contributed by atoms with Gasteiger partial charge in [-0.3, -0.25) is 9.59 Å². The number of likely N-dealkylation sites (tertiary alicyclic amines) is 1. The summed E-state index contributed by atoms with van der Waals surface area (Å²) >= 11 is 0. The monoisotopic (exact) mass is 349 g/mol. The summed E-state index contributed by atoms with van der Waals surface area (Å²) in [5.74, 6) is -1.69. The Bertz CT molecular complexity index is 895. The van der Waals surface area contributed by atoms with Gasteiger partial charge in [0.05, 0.1) is 4.90 Å². The molecular weight excluding hydrogens is 330 g/mol. The molecule has 1 aromatic heterocycles. The van der Waals surface area contributed by atoms with E-state index in [2.05, 4.69) is 0 Å². The maximum atomic E-state index is 12.4. The summed E-state index contributed by atoms with van der Waals surface area (Å²) in [6, 6.07) is 6.93. The van der Waals surface area contributed by atoms with Gasteiger partial charge < -0.3 is 15.2 Å². The van der Waals surface area contributed by atoms with Crippen LogP contribution in [-0.4, -0.2) is 48.5 Å². The standard InChI is InChI=1S/C16H19N3O4S/c17-15(20)11-24(22,23)14-9-19(13-6-2-1-5-12(13)14)10-16(21)18-7-3-4-8-18/h1-2,5-6,9H,3-4,7-8,10-11H2,(H2,17,20). The number of benzene rings is 1. The molecule has 24 heavy (non-hydrogen) atoms. The first-order valence-corrected chi connectivity index (χ1v) is 9.40. The van der Waals surface area contributed by atoms with Crippen molar-refractivity contribution in [2.45, 2.75) is 24.3 Å². The van der Waals surface area contributed by atoms with Crippen molar-refractivity contribution in [1.29, 1.82) is 0 Å². The molecule has 0 aliphatic carbocycles. The Morgan fingerprint density at radius 2 is 1.79 bits per heavy atom. The Morgan fingerprint density at radius 1 is 1.12 bits per heavy atom. The summed E-state index contributed by atoms with van der Waals surface area (Å²) < 4.78 is 26.4. The highest BCUT2D eigenvalue weighted by atomic mass is 32.2. The Balaban J connectivity index is 2.00. The molecular formula is C16H19N3O4S. The summed E-state index contributed by atoms with van der Waals surface area (Å²) in [6.45, 7) is 1.56. The highest BCUT2D eigenvalue weighted by Gasteiger charge is 2.25. The number of aromatic nitrogens is 1. The predicted octanol–water partition coefficient (Wildman–Crippen LogP) is 0.523. The molecule has 0 radical (unpaired) electrons. The fraction of sp³-hybridized carbons (Fsp3) is 0.375. The molecule has 3 rings (SSSR count). The molecule has 2 heterocycles. The number of para-hydroxylation sites is 1. The molecule has 8 heteroatoms. The lowest BCUT2D eigenvalue weighted by Gasteiger charge is -2.15. The SMILES string of the molecule is NC(=O)CS(=O)(=O)c1cn(CC(=O)N2CCCC2)c2ccccc12. The van der Waals surface area contributed by atoms with Gasteiger partial charge in [-0.25, -0.2) is 8.42 Å². The van der Waals surface area contributed by atoms with Crippen LogP contribution in [-0.2, 0) is 26.0 Å². The predicted molar refractivity (Wildman–Crippen MR) is 89.0 cm³/mol. The first-order valence-electron chi connectivity index (χ1n) is 7.75. The van der Waals surface area contributed by atoms with E-state index in [0.717, 1.165) is 25.9 Å². The third-order valence-electron chi connectivity index (χ3n) is 4.18. The van der Waals surface area contributed by atoms with Crippen LogP contribution in [0.25, 0.3) is 10.9 Å². The first kappa shape index (κ1) is 16.5. The quantitative estimate of drug-likeness (QED) is 0.850. The Kier molecular flexibility index (Phi) is 4.31. The van der Waals surface area contributed by atoms with E-state index in [9.17, 15) is 18.0 Å². The highest BCUT2D eigenvalue weighted by molar-refractivity contribution is 7.92. The number of carbonyl (C=O) groups excluding carboxylic acids is 2. The minimum absolute atomic E-state index is 0.0334. The van der Waals surface area contributed by atoms with Gasteiger partial charge in [0.15, 0.2) is 9.84 Å². The Labute approximate surface area is 139 Å². The maximum Gasteiger partial charge on any atom is 0.242 e. The van der Waals surface area contributed by atoms with Crippen molar-refractivity contribution >= 4 is 32.6 Å². The van der Waals surface area contributed by atoms with Gasteiger partial charge in [0.2, 0.25) is 11.8 Å². The van der Waals surface area contributed by atoms with Crippen molar-refractivity contribution in [3.63, 3.8) is 0 Å². The zero-order valence-electron chi connectivity index (χ0n) is 13.1. The average Bonchev–Trinajstić information content (AvgIpc) is 3.14. The van der Waals surface area contributed by atoms with E-state index >= 15 is 0 Å². The third kappa shape index (κ3) is 3.14. The molecule has 1 fully saturated rings. The minimum atomic E-state index is -3.84. The number of nitrogens with two attached hydrogens (primary N) is 1. The number of carbonyl (C=O) groups is 2. The van der Waals surface area contributed by atoms with Gasteiger partial charge in [-0.05, 0) is 18.9 Å². The maximum absolute atomic E-state index is 12.4. The number of nitrogens with zero attached hydrogens (tertiary/aromatic N) is 2. The van der Waals surface area contributed by atoms with E-state index in [4.69, 9.17) is 5.73 Å². The van der Waals surface area contributed by atoms with Crippen molar-refractivity contribution in [1.82, 2.24) is 9.47 Å². The topological polar surface area (TPSA) is 102 Å². The zero-order valence-corrected chi connectivity index (χ0v) is 14.0. The Hall–Kier alpha value is -2.35. The molecule has 1 saturated heterocycles. The van der Waals surface area contributed by atoms with Gasteiger partial charge in [0.1, 0.15) is 12.3 Å². The van der Waals surface area contributed by atoms with Gasteiger partial charge in [-0.15, -0.1) is 0 Å². The van der Waals surface area contributed by atoms with Gasteiger partial charge in [0, 0.05) is 30.2 Å². The van der Waals surface area contributed by atoms with Crippen LogP contribution in [0.2, 0.25) is 0 Å². The Morgan fingerprint density at radius 3 is 2.46 bits per heavy atom. The third-order valence-corrected chi connectivity index (χ3v) is 5.84. The molecule has 128 valence electrons. The van der Waals surface area contributed by atoms with Crippen LogP contribution in [0.5, 0.6) is 0 Å². The zero-order chi connectivity index (χ0) is 17.3. The number of fused-ring (bicyclic) bond motifs is 1. The van der Waals surface area contributed by atoms with Crippen molar-refractivity contribution in [3.8, 4) is 0 Å². The molecule has 0 bridgehead atoms. The normalized spacial score (nSPS) is 15.1. The van der Waals surface area contributed by atoms with E-state index in [-0.39, 0.29) is 17.3 Å². The summed E-state index contributed by atoms with van der Waals surface area (Å²) in [4.78, 5) is 25.3. The summed E-state index contributed by atoms with van der Waals surface area (Å²) in [5, 5.41) is 0.493. The molecule has 1 aliphatic rings. The molecule has 2 amide bonds. The molecule has 2 N–H and O–H groups in total. The summed E-state index contributed by atoms with van der Waals surface area (Å²) in [5.41, 5.74) is 5.69. The number of hydrogen-bond donors (Lipinski definition) is 1. The van der Waals surface area contributed by atoms with E-state index in [1.54, 1.807) is 33.7 Å². The lowest BCUT2D eigenvalue weighted by Crippen LogP contribution is -2.30. The molecule has 0 saturated carbocycles. The van der Waals surface area contributed by atoms with Gasteiger partial charge >= 0.3 is 0 Å². The van der Waals surface area contributed by atoms with Crippen LogP contribution >= 0.6 is 0 Å². The largest absolute Gasteiger partial charge is 0.369 e. The fourth-order valence-corrected chi connectivity index (χ4v) is 4.39. The van der Waals surface area contributed by atoms with Crippen LogP contribution in [0.4, 0.5) is 0 Å². The van der Waals surface area contributed by atoms with Crippen molar-refractivity contribution in [2.24, 2.45) is 5.73 Å². The van der Waals surface area contributed by atoms with Gasteiger partial charge in [-0.1, -0.05) is 18.2 Å². The lowest BCUT2D eigenvalue weighted by molar-refractivity contribution is -0.130. The van der Waals surface area contributed by atoms with Crippen LogP contribution in [0.1, 0.15) is 12.8 Å². The average molecular weight is 349 g/mol. The van der Waals surface area contributed by atoms with E-state index in [1.165, 1.54) is 6.20 Å². The van der Waals surface area contributed by atoms with E-state index < -0.39 is 21.5 Å². The van der Waals surface area contributed by atoms with E-state index in [1.807, 2.05) is 0 Å². The lowest BCUT2D eigenvalue weighted by atomic mass is 10.2. The molecule has 1 aliphatic heterocycles. The molecule has 2 aromatic rings. The second-order valence-corrected chi connectivity index (χ2v) is 7.91. The second kappa shape index (κ2) is 6.27. The minimum Gasteiger partial charge on any atom is -0.369 e.